The van der Waals surface area contributed by atoms with Gasteiger partial charge in [-0.15, -0.1) is 18.2 Å². The van der Waals surface area contributed by atoms with Crippen molar-refractivity contribution in [1.82, 2.24) is 4.57 Å². The van der Waals surface area contributed by atoms with E-state index in [4.69, 9.17) is 4.42 Å². The Bertz CT molecular complexity index is 793. The standard InChI is InChI=1S/C15H14F6N2O/c16-14(17,18)9-6-7-11-12(8-9)24-13(22-15(19,20)21)23(11)10-4-2-1-3-5-10/h6-8,10H,1-5H2/b22-13+. The Morgan fingerprint density at radius 3 is 2.25 bits per heavy atom. The van der Waals surface area contributed by atoms with Crippen LogP contribution in [0.1, 0.15) is 43.7 Å². The highest BCUT2D eigenvalue weighted by atomic mass is 19.4. The molecule has 1 saturated carbocycles. The largest absolute Gasteiger partial charge is 0.507 e. The van der Waals surface area contributed by atoms with Gasteiger partial charge in [0.15, 0.2) is 5.58 Å². The molecule has 0 atom stereocenters. The van der Waals surface area contributed by atoms with E-state index in [-0.39, 0.29) is 17.1 Å². The Hall–Kier alpha value is -1.93. The second-order valence-corrected chi connectivity index (χ2v) is 5.81. The van der Waals surface area contributed by atoms with Gasteiger partial charge in [0, 0.05) is 6.04 Å². The van der Waals surface area contributed by atoms with E-state index in [2.05, 4.69) is 4.99 Å². The fraction of sp³-hybridized carbons (Fsp3) is 0.533. The van der Waals surface area contributed by atoms with Crippen LogP contribution in [0.3, 0.4) is 0 Å². The van der Waals surface area contributed by atoms with Gasteiger partial charge in [0.2, 0.25) is 0 Å². The zero-order valence-corrected chi connectivity index (χ0v) is 12.4. The van der Waals surface area contributed by atoms with Gasteiger partial charge in [0.1, 0.15) is 0 Å². The van der Waals surface area contributed by atoms with E-state index in [1.165, 1.54) is 4.57 Å². The molecule has 1 aromatic carbocycles. The first kappa shape index (κ1) is 16.9. The van der Waals surface area contributed by atoms with Crippen LogP contribution in [0.15, 0.2) is 27.6 Å². The first-order valence-corrected chi connectivity index (χ1v) is 7.50. The van der Waals surface area contributed by atoms with Crippen molar-refractivity contribution in [3.8, 4) is 0 Å². The lowest BCUT2D eigenvalue weighted by atomic mass is 9.95. The zero-order chi connectivity index (χ0) is 17.5. The number of oxazole rings is 1. The Labute approximate surface area is 132 Å². The SMILES string of the molecule is FC(F)(F)/N=c1/oc2cc(C(F)(F)F)ccc2n1C1CCCCC1. The van der Waals surface area contributed by atoms with E-state index in [1.807, 2.05) is 0 Å². The van der Waals surface area contributed by atoms with Crippen LogP contribution in [0, 0.1) is 0 Å². The normalized spacial score (nSPS) is 18.5. The van der Waals surface area contributed by atoms with Gasteiger partial charge in [0.05, 0.1) is 11.1 Å². The van der Waals surface area contributed by atoms with Gasteiger partial charge in [0.25, 0.3) is 0 Å². The Morgan fingerprint density at radius 1 is 1.00 bits per heavy atom. The van der Waals surface area contributed by atoms with Crippen molar-refractivity contribution in [3.63, 3.8) is 0 Å². The highest BCUT2D eigenvalue weighted by Gasteiger charge is 2.33. The number of hydrogen-bond acceptors (Lipinski definition) is 2. The molecule has 3 rings (SSSR count). The van der Waals surface area contributed by atoms with E-state index in [0.717, 1.165) is 31.4 Å². The third-order valence-corrected chi connectivity index (χ3v) is 4.12. The third kappa shape index (κ3) is 3.44. The Balaban J connectivity index is 2.21. The van der Waals surface area contributed by atoms with E-state index >= 15 is 0 Å². The molecule has 1 aliphatic carbocycles. The third-order valence-electron chi connectivity index (χ3n) is 4.12. The summed E-state index contributed by atoms with van der Waals surface area (Å²) >= 11 is 0. The van der Waals surface area contributed by atoms with Gasteiger partial charge in [-0.2, -0.15) is 13.2 Å². The molecule has 0 N–H and O–H groups in total. The highest BCUT2D eigenvalue weighted by molar-refractivity contribution is 5.74. The van der Waals surface area contributed by atoms with E-state index < -0.39 is 23.7 Å². The molecule has 132 valence electrons. The van der Waals surface area contributed by atoms with Gasteiger partial charge < -0.3 is 4.42 Å². The molecule has 1 heterocycles. The molecule has 0 amide bonds. The first-order valence-electron chi connectivity index (χ1n) is 7.50. The van der Waals surface area contributed by atoms with E-state index in [9.17, 15) is 26.3 Å². The predicted molar refractivity (Wildman–Crippen MR) is 72.9 cm³/mol. The summed E-state index contributed by atoms with van der Waals surface area (Å²) in [7, 11) is 0. The van der Waals surface area contributed by atoms with Gasteiger partial charge in [-0.3, -0.25) is 4.57 Å². The summed E-state index contributed by atoms with van der Waals surface area (Å²) in [5, 5.41) is 0. The van der Waals surface area contributed by atoms with Crippen molar-refractivity contribution in [3.05, 3.63) is 29.4 Å². The average Bonchev–Trinajstić information content (AvgIpc) is 2.81. The number of alkyl halides is 6. The first-order chi connectivity index (χ1) is 11.1. The summed E-state index contributed by atoms with van der Waals surface area (Å²) in [6, 6.07) is 2.43. The monoisotopic (exact) mass is 352 g/mol. The quantitative estimate of drug-likeness (QED) is 0.514. The summed E-state index contributed by atoms with van der Waals surface area (Å²) in [6.07, 6.45) is -5.51. The van der Waals surface area contributed by atoms with Crippen LogP contribution < -0.4 is 5.68 Å². The summed E-state index contributed by atoms with van der Waals surface area (Å²) in [5.41, 5.74) is -1.74. The van der Waals surface area contributed by atoms with Crippen LogP contribution in [-0.4, -0.2) is 10.9 Å². The summed E-state index contributed by atoms with van der Waals surface area (Å²) in [6.45, 7) is 0. The number of hydrogen-bond donors (Lipinski definition) is 0. The molecule has 0 radical (unpaired) electrons. The molecular formula is C15H14F6N2O. The summed E-state index contributed by atoms with van der Waals surface area (Å²) in [4.78, 5) is 2.61. The number of halogens is 6. The number of fused-ring (bicyclic) bond motifs is 1. The highest BCUT2D eigenvalue weighted by Crippen LogP contribution is 2.34. The fourth-order valence-corrected chi connectivity index (χ4v) is 3.10. The van der Waals surface area contributed by atoms with Gasteiger partial charge >= 0.3 is 18.2 Å². The van der Waals surface area contributed by atoms with E-state index in [1.54, 1.807) is 0 Å². The maximum Gasteiger partial charge on any atom is 0.507 e. The zero-order valence-electron chi connectivity index (χ0n) is 12.4. The van der Waals surface area contributed by atoms with Crippen LogP contribution in [0.25, 0.3) is 11.1 Å². The van der Waals surface area contributed by atoms with Crippen molar-refractivity contribution < 1.29 is 30.8 Å². The number of nitrogens with zero attached hydrogens (tertiary/aromatic N) is 2. The minimum Gasteiger partial charge on any atom is -0.423 e. The molecule has 24 heavy (non-hydrogen) atoms. The molecule has 0 aliphatic heterocycles. The second-order valence-electron chi connectivity index (χ2n) is 5.81. The molecule has 2 aromatic rings. The minimum absolute atomic E-state index is 0.193. The topological polar surface area (TPSA) is 30.4 Å². The number of aromatic nitrogens is 1. The van der Waals surface area contributed by atoms with Gasteiger partial charge in [-0.05, 0) is 31.0 Å². The van der Waals surface area contributed by atoms with Crippen molar-refractivity contribution in [2.75, 3.05) is 0 Å². The second kappa shape index (κ2) is 5.86. The fourth-order valence-electron chi connectivity index (χ4n) is 3.10. The predicted octanol–water partition coefficient (Wildman–Crippen LogP) is 5.18. The summed E-state index contributed by atoms with van der Waals surface area (Å²) in [5.74, 6) is 0. The minimum atomic E-state index is -4.86. The lowest BCUT2D eigenvalue weighted by Gasteiger charge is -2.23. The van der Waals surface area contributed by atoms with Crippen molar-refractivity contribution in [2.24, 2.45) is 4.99 Å². The van der Waals surface area contributed by atoms with Crippen LogP contribution in [0.5, 0.6) is 0 Å². The molecule has 1 aromatic heterocycles. The van der Waals surface area contributed by atoms with Crippen LogP contribution in [0.2, 0.25) is 0 Å². The summed E-state index contributed by atoms with van der Waals surface area (Å²) < 4.78 is 82.7. The number of rotatable bonds is 1. The molecule has 0 saturated heterocycles. The van der Waals surface area contributed by atoms with Crippen LogP contribution in [-0.2, 0) is 6.18 Å². The lowest BCUT2D eigenvalue weighted by molar-refractivity contribution is -0.137. The van der Waals surface area contributed by atoms with Crippen molar-refractivity contribution >= 4 is 11.1 Å². The van der Waals surface area contributed by atoms with Crippen LogP contribution in [0.4, 0.5) is 26.3 Å². The van der Waals surface area contributed by atoms with Gasteiger partial charge in [-0.25, -0.2) is 0 Å². The van der Waals surface area contributed by atoms with Gasteiger partial charge in [-0.1, -0.05) is 19.3 Å². The Morgan fingerprint density at radius 2 is 1.67 bits per heavy atom. The lowest BCUT2D eigenvalue weighted by Crippen LogP contribution is -2.26. The molecule has 9 heteroatoms. The smallest absolute Gasteiger partial charge is 0.423 e. The maximum atomic E-state index is 12.8. The van der Waals surface area contributed by atoms with Crippen LogP contribution >= 0.6 is 0 Å². The molecule has 0 bridgehead atoms. The molecule has 1 aliphatic rings. The molecule has 1 fully saturated rings. The van der Waals surface area contributed by atoms with Crippen molar-refractivity contribution in [2.45, 2.75) is 50.6 Å². The van der Waals surface area contributed by atoms with E-state index in [0.29, 0.717) is 18.9 Å². The average molecular weight is 352 g/mol. The Kier molecular flexibility index (Phi) is 4.13. The molecular weight excluding hydrogens is 338 g/mol. The molecule has 3 nitrogen and oxygen atoms in total. The molecule has 0 unspecified atom stereocenters. The van der Waals surface area contributed by atoms with Crippen molar-refractivity contribution in [1.29, 1.82) is 0 Å². The maximum absolute atomic E-state index is 12.8. The number of benzene rings is 1. The molecule has 0 spiro atoms.